The van der Waals surface area contributed by atoms with Crippen LogP contribution < -0.4 is 0 Å². The van der Waals surface area contributed by atoms with Crippen LogP contribution in [0, 0.1) is 0 Å². The van der Waals surface area contributed by atoms with E-state index in [-0.39, 0.29) is 0 Å². The lowest BCUT2D eigenvalue weighted by Crippen LogP contribution is -2.44. The first-order chi connectivity index (χ1) is 6.00. The summed E-state index contributed by atoms with van der Waals surface area (Å²) in [5, 5.41) is 36.6. The normalized spacial score (nSPS) is 39.6. The molecule has 0 aromatic heterocycles. The lowest BCUT2D eigenvalue weighted by atomic mass is 10.1. The molecular weight excluding hydrogens is 178 g/mol. The van der Waals surface area contributed by atoms with Gasteiger partial charge in [0.05, 0.1) is 12.6 Å². The number of likely N-dealkylation sites (tertiary alicyclic amines) is 1. The number of nitrogens with zero attached hydrogens (tertiary/aromatic N) is 1. The molecule has 1 fully saturated rings. The third kappa shape index (κ3) is 1.53. The monoisotopic (exact) mass is 191 g/mol. The van der Waals surface area contributed by atoms with Crippen LogP contribution in [0.25, 0.3) is 0 Å². The van der Waals surface area contributed by atoms with E-state index in [2.05, 4.69) is 0 Å². The Bertz CT molecular complexity index is 209. The van der Waals surface area contributed by atoms with Gasteiger partial charge >= 0.3 is 0 Å². The standard InChI is InChI=1S/C7H13NO5/c1-3(10)8-4(2-9)5(11)6(12)7(8)13/h4-7,9,11-13H,2H2,1H3. The van der Waals surface area contributed by atoms with Gasteiger partial charge in [-0.2, -0.15) is 0 Å². The van der Waals surface area contributed by atoms with Crippen molar-refractivity contribution in [2.24, 2.45) is 0 Å². The number of aliphatic hydroxyl groups is 4. The van der Waals surface area contributed by atoms with Gasteiger partial charge < -0.3 is 25.3 Å². The molecule has 0 aliphatic carbocycles. The van der Waals surface area contributed by atoms with Gasteiger partial charge in [-0.05, 0) is 0 Å². The Morgan fingerprint density at radius 2 is 1.85 bits per heavy atom. The van der Waals surface area contributed by atoms with E-state index in [1.54, 1.807) is 0 Å². The van der Waals surface area contributed by atoms with Gasteiger partial charge in [0.2, 0.25) is 5.91 Å². The van der Waals surface area contributed by atoms with E-state index in [0.717, 1.165) is 4.90 Å². The molecule has 13 heavy (non-hydrogen) atoms. The van der Waals surface area contributed by atoms with Crippen molar-refractivity contribution in [1.29, 1.82) is 0 Å². The predicted octanol–water partition coefficient (Wildman–Crippen LogP) is -2.75. The van der Waals surface area contributed by atoms with Crippen LogP contribution in [-0.2, 0) is 4.79 Å². The van der Waals surface area contributed by atoms with Crippen molar-refractivity contribution in [3.05, 3.63) is 0 Å². The van der Waals surface area contributed by atoms with Gasteiger partial charge in [0.1, 0.15) is 12.2 Å². The molecule has 4 unspecified atom stereocenters. The number of rotatable bonds is 1. The summed E-state index contributed by atoms with van der Waals surface area (Å²) in [4.78, 5) is 11.8. The number of carbonyl (C=O) groups excluding carboxylic acids is 1. The SMILES string of the molecule is CC(=O)N1C(O)C(O)C(O)C1CO. The van der Waals surface area contributed by atoms with Crippen molar-refractivity contribution in [1.82, 2.24) is 4.90 Å². The zero-order chi connectivity index (χ0) is 10.2. The summed E-state index contributed by atoms with van der Waals surface area (Å²) in [5.41, 5.74) is 0. The average molecular weight is 191 g/mol. The predicted molar refractivity (Wildman–Crippen MR) is 41.4 cm³/mol. The topological polar surface area (TPSA) is 101 Å². The molecule has 1 aliphatic rings. The Kier molecular flexibility index (Phi) is 2.87. The first kappa shape index (κ1) is 10.4. The summed E-state index contributed by atoms with van der Waals surface area (Å²) < 4.78 is 0. The van der Waals surface area contributed by atoms with Crippen LogP contribution >= 0.6 is 0 Å². The Balaban J connectivity index is 2.87. The second-order valence-electron chi connectivity index (χ2n) is 3.07. The molecule has 1 rings (SSSR count). The molecule has 4 N–H and O–H groups in total. The molecule has 6 heteroatoms. The van der Waals surface area contributed by atoms with Crippen LogP contribution in [0.2, 0.25) is 0 Å². The summed E-state index contributed by atoms with van der Waals surface area (Å²) in [6, 6.07) is -0.928. The van der Waals surface area contributed by atoms with Crippen LogP contribution in [0.15, 0.2) is 0 Å². The van der Waals surface area contributed by atoms with Gasteiger partial charge in [0.15, 0.2) is 6.23 Å². The molecular formula is C7H13NO5. The molecule has 1 heterocycles. The lowest BCUT2D eigenvalue weighted by molar-refractivity contribution is -0.143. The van der Waals surface area contributed by atoms with Crippen LogP contribution in [0.5, 0.6) is 0 Å². The zero-order valence-electron chi connectivity index (χ0n) is 7.16. The Morgan fingerprint density at radius 3 is 2.15 bits per heavy atom. The smallest absolute Gasteiger partial charge is 0.221 e. The number of hydrogen-bond donors (Lipinski definition) is 4. The number of amides is 1. The van der Waals surface area contributed by atoms with Gasteiger partial charge in [-0.3, -0.25) is 4.79 Å². The maximum absolute atomic E-state index is 10.9. The van der Waals surface area contributed by atoms with Gasteiger partial charge in [-0.25, -0.2) is 0 Å². The van der Waals surface area contributed by atoms with E-state index in [0.29, 0.717) is 0 Å². The summed E-state index contributed by atoms with van der Waals surface area (Å²) in [5.74, 6) is -0.498. The number of aliphatic hydroxyl groups excluding tert-OH is 4. The van der Waals surface area contributed by atoms with Crippen molar-refractivity contribution in [3.63, 3.8) is 0 Å². The van der Waals surface area contributed by atoms with Gasteiger partial charge in [-0.1, -0.05) is 0 Å². The largest absolute Gasteiger partial charge is 0.394 e. The van der Waals surface area contributed by atoms with Gasteiger partial charge in [0, 0.05) is 6.92 Å². The van der Waals surface area contributed by atoms with E-state index in [9.17, 15) is 20.1 Å². The van der Waals surface area contributed by atoms with Crippen molar-refractivity contribution in [2.75, 3.05) is 6.61 Å². The van der Waals surface area contributed by atoms with Crippen LogP contribution in [0.4, 0.5) is 0 Å². The molecule has 76 valence electrons. The lowest BCUT2D eigenvalue weighted by Gasteiger charge is -2.24. The average Bonchev–Trinajstić information content (AvgIpc) is 2.29. The van der Waals surface area contributed by atoms with Crippen molar-refractivity contribution < 1.29 is 25.2 Å². The van der Waals surface area contributed by atoms with E-state index in [1.165, 1.54) is 6.92 Å². The highest BCUT2D eigenvalue weighted by Gasteiger charge is 2.47. The zero-order valence-corrected chi connectivity index (χ0v) is 7.16. The summed E-state index contributed by atoms with van der Waals surface area (Å²) in [7, 11) is 0. The van der Waals surface area contributed by atoms with E-state index in [1.807, 2.05) is 0 Å². The highest BCUT2D eigenvalue weighted by atomic mass is 16.4. The molecule has 6 nitrogen and oxygen atoms in total. The second kappa shape index (κ2) is 3.59. The molecule has 1 amide bonds. The molecule has 0 saturated carbocycles. The summed E-state index contributed by atoms with van der Waals surface area (Å²) in [6.45, 7) is 0.700. The molecule has 1 saturated heterocycles. The van der Waals surface area contributed by atoms with Crippen molar-refractivity contribution in [3.8, 4) is 0 Å². The van der Waals surface area contributed by atoms with Crippen molar-refractivity contribution >= 4 is 5.91 Å². The molecule has 4 atom stereocenters. The quantitative estimate of drug-likeness (QED) is 0.360. The first-order valence-electron chi connectivity index (χ1n) is 3.94. The minimum Gasteiger partial charge on any atom is -0.394 e. The fourth-order valence-corrected chi connectivity index (χ4v) is 1.54. The Labute approximate surface area is 75.0 Å². The van der Waals surface area contributed by atoms with Gasteiger partial charge in [-0.15, -0.1) is 0 Å². The van der Waals surface area contributed by atoms with E-state index >= 15 is 0 Å². The molecule has 0 bridgehead atoms. The number of hydrogen-bond acceptors (Lipinski definition) is 5. The Hall–Kier alpha value is -0.690. The van der Waals surface area contributed by atoms with Crippen LogP contribution in [0.3, 0.4) is 0 Å². The maximum atomic E-state index is 10.9. The third-order valence-electron chi connectivity index (χ3n) is 2.24. The van der Waals surface area contributed by atoms with E-state index < -0.39 is 37.0 Å². The fraction of sp³-hybridized carbons (Fsp3) is 0.857. The van der Waals surface area contributed by atoms with Crippen LogP contribution in [-0.4, -0.2) is 62.3 Å². The minimum absolute atomic E-state index is 0.491. The molecule has 1 aliphatic heterocycles. The third-order valence-corrected chi connectivity index (χ3v) is 2.24. The molecule has 0 spiro atoms. The maximum Gasteiger partial charge on any atom is 0.221 e. The number of carbonyl (C=O) groups is 1. The van der Waals surface area contributed by atoms with E-state index in [4.69, 9.17) is 5.11 Å². The first-order valence-corrected chi connectivity index (χ1v) is 3.94. The van der Waals surface area contributed by atoms with Gasteiger partial charge in [0.25, 0.3) is 0 Å². The second-order valence-corrected chi connectivity index (χ2v) is 3.07. The minimum atomic E-state index is -1.44. The summed E-state index contributed by atoms with van der Waals surface area (Å²) in [6.07, 6.45) is -4.16. The molecule has 0 aromatic rings. The van der Waals surface area contributed by atoms with Crippen LogP contribution in [0.1, 0.15) is 6.92 Å². The Morgan fingerprint density at radius 1 is 1.31 bits per heavy atom. The highest BCUT2D eigenvalue weighted by Crippen LogP contribution is 2.23. The molecule has 0 aromatic carbocycles. The molecule has 0 radical (unpaired) electrons. The fourth-order valence-electron chi connectivity index (χ4n) is 1.54. The summed E-state index contributed by atoms with van der Waals surface area (Å²) >= 11 is 0. The highest BCUT2D eigenvalue weighted by molar-refractivity contribution is 5.74. The van der Waals surface area contributed by atoms with Crippen molar-refractivity contribution in [2.45, 2.75) is 31.4 Å².